The zero-order valence-corrected chi connectivity index (χ0v) is 11.9. The average molecular weight is 342 g/mol. The van der Waals surface area contributed by atoms with Crippen molar-refractivity contribution < 1.29 is 26.3 Å². The van der Waals surface area contributed by atoms with Crippen LogP contribution in [-0.2, 0) is 0 Å². The molecule has 0 amide bonds. The van der Waals surface area contributed by atoms with Gasteiger partial charge in [0.2, 0.25) is 0 Å². The van der Waals surface area contributed by atoms with Crippen molar-refractivity contribution in [3.8, 4) is 0 Å². The van der Waals surface area contributed by atoms with E-state index in [-0.39, 0.29) is 17.0 Å². The highest BCUT2D eigenvalue weighted by atomic mass is 35.5. The lowest BCUT2D eigenvalue weighted by atomic mass is 10.0. The second-order valence-electron chi connectivity index (χ2n) is 3.97. The molecule has 0 bridgehead atoms. The van der Waals surface area contributed by atoms with E-state index in [1.807, 2.05) is 0 Å². The minimum absolute atomic E-state index is 0.0575. The first-order chi connectivity index (χ1) is 9.00. The predicted molar refractivity (Wildman–Crippen MR) is 67.4 cm³/mol. The van der Waals surface area contributed by atoms with E-state index in [0.29, 0.717) is 24.8 Å². The van der Waals surface area contributed by atoms with Crippen molar-refractivity contribution in [3.63, 3.8) is 0 Å². The molecule has 0 aliphatic heterocycles. The number of allylic oxidation sites excluding steroid dienone is 3. The van der Waals surface area contributed by atoms with Crippen LogP contribution in [0.4, 0.5) is 26.3 Å². The van der Waals surface area contributed by atoms with Gasteiger partial charge in [-0.3, -0.25) is 0 Å². The molecular formula is C12H13Cl2F6. The third-order valence-corrected chi connectivity index (χ3v) is 2.94. The zero-order valence-electron chi connectivity index (χ0n) is 10.3. The number of hydrogen-bond donors (Lipinski definition) is 0. The van der Waals surface area contributed by atoms with Gasteiger partial charge in [-0.05, 0) is 31.3 Å². The van der Waals surface area contributed by atoms with Gasteiger partial charge in [0.15, 0.2) is 0 Å². The van der Waals surface area contributed by atoms with Crippen LogP contribution in [0, 0.1) is 6.92 Å². The number of halogens is 8. The van der Waals surface area contributed by atoms with Crippen molar-refractivity contribution in [2.45, 2.75) is 44.5 Å². The van der Waals surface area contributed by atoms with Crippen LogP contribution in [0.15, 0.2) is 21.7 Å². The Hall–Kier alpha value is -0.360. The van der Waals surface area contributed by atoms with Gasteiger partial charge in [0.05, 0.1) is 0 Å². The summed E-state index contributed by atoms with van der Waals surface area (Å²) >= 11 is 11.1. The van der Waals surface area contributed by atoms with Crippen LogP contribution in [0.2, 0.25) is 0 Å². The number of unbranched alkanes of at least 4 members (excludes halogenated alkanes) is 1. The van der Waals surface area contributed by atoms with Crippen molar-refractivity contribution in [1.29, 1.82) is 0 Å². The van der Waals surface area contributed by atoms with E-state index >= 15 is 0 Å². The highest BCUT2D eigenvalue weighted by Crippen LogP contribution is 2.39. The fraction of sp³-hybridized carbons (Fsp3) is 0.583. The molecular weight excluding hydrogens is 329 g/mol. The summed E-state index contributed by atoms with van der Waals surface area (Å²) < 4.78 is 73.3. The highest BCUT2D eigenvalue weighted by molar-refractivity contribution is 6.56. The zero-order chi connectivity index (χ0) is 16.0. The van der Waals surface area contributed by atoms with Crippen LogP contribution in [0.3, 0.4) is 0 Å². The van der Waals surface area contributed by atoms with E-state index < -0.39 is 24.3 Å². The molecule has 0 rings (SSSR count). The van der Waals surface area contributed by atoms with Gasteiger partial charge in [-0.15, -0.1) is 0 Å². The fourth-order valence-electron chi connectivity index (χ4n) is 1.44. The van der Waals surface area contributed by atoms with Crippen molar-refractivity contribution in [2.24, 2.45) is 0 Å². The van der Waals surface area contributed by atoms with Gasteiger partial charge in [-0.25, -0.2) is 0 Å². The fourth-order valence-corrected chi connectivity index (χ4v) is 1.81. The van der Waals surface area contributed by atoms with Crippen LogP contribution in [-0.4, -0.2) is 12.4 Å². The summed E-state index contributed by atoms with van der Waals surface area (Å²) in [6.45, 7) is 3.57. The molecule has 0 nitrogen and oxygen atoms in total. The molecule has 0 heterocycles. The molecule has 0 aliphatic rings. The SMILES string of the molecule is [CH2]CCCC(CCC=C(C(F)(F)F)C(F)(F)F)=C(Cl)Cl. The van der Waals surface area contributed by atoms with Crippen molar-refractivity contribution in [2.75, 3.05) is 0 Å². The molecule has 0 saturated carbocycles. The van der Waals surface area contributed by atoms with Gasteiger partial charge >= 0.3 is 12.4 Å². The quantitative estimate of drug-likeness (QED) is 0.381. The molecule has 8 heteroatoms. The maximum Gasteiger partial charge on any atom is 0.420 e. The first-order valence-electron chi connectivity index (χ1n) is 5.67. The van der Waals surface area contributed by atoms with Gasteiger partial charge < -0.3 is 0 Å². The Morgan fingerprint density at radius 3 is 1.80 bits per heavy atom. The molecule has 0 spiro atoms. The standard InChI is InChI=1S/C12H13Cl2F6/c1-2-3-5-8(10(13)14)6-4-7-9(11(15,16)17)12(18,19)20/h7H,1-6H2. The maximum atomic E-state index is 12.2. The summed E-state index contributed by atoms with van der Waals surface area (Å²) in [6, 6.07) is 0. The number of hydrogen-bond acceptors (Lipinski definition) is 0. The van der Waals surface area contributed by atoms with Gasteiger partial charge in [0.25, 0.3) is 0 Å². The molecule has 0 atom stereocenters. The summed E-state index contributed by atoms with van der Waals surface area (Å²) in [6.07, 6.45) is -9.67. The van der Waals surface area contributed by atoms with Crippen molar-refractivity contribution in [1.82, 2.24) is 0 Å². The van der Waals surface area contributed by atoms with Crippen LogP contribution in [0.25, 0.3) is 0 Å². The third kappa shape index (κ3) is 7.43. The largest absolute Gasteiger partial charge is 0.420 e. The lowest BCUT2D eigenvalue weighted by molar-refractivity contribution is -0.172. The van der Waals surface area contributed by atoms with Gasteiger partial charge in [-0.2, -0.15) is 26.3 Å². The van der Waals surface area contributed by atoms with Crippen LogP contribution < -0.4 is 0 Å². The Kier molecular flexibility index (Phi) is 8.03. The molecule has 20 heavy (non-hydrogen) atoms. The Morgan fingerprint density at radius 1 is 0.950 bits per heavy atom. The molecule has 0 aromatic rings. The Bertz CT molecular complexity index is 345. The van der Waals surface area contributed by atoms with Crippen LogP contribution in [0.1, 0.15) is 32.1 Å². The monoisotopic (exact) mass is 341 g/mol. The smallest absolute Gasteiger partial charge is 0.166 e. The van der Waals surface area contributed by atoms with E-state index in [0.717, 1.165) is 0 Å². The molecule has 0 aromatic heterocycles. The molecule has 0 aliphatic carbocycles. The Labute approximate surface area is 123 Å². The van der Waals surface area contributed by atoms with Crippen molar-refractivity contribution in [3.05, 3.63) is 28.6 Å². The van der Waals surface area contributed by atoms with E-state index in [1.54, 1.807) is 0 Å². The van der Waals surface area contributed by atoms with Gasteiger partial charge in [0.1, 0.15) is 10.1 Å². The summed E-state index contributed by atoms with van der Waals surface area (Å²) in [5, 5.41) is 0. The summed E-state index contributed by atoms with van der Waals surface area (Å²) in [5.74, 6) is 0. The summed E-state index contributed by atoms with van der Waals surface area (Å²) in [7, 11) is 0. The van der Waals surface area contributed by atoms with Crippen LogP contribution in [0.5, 0.6) is 0 Å². The average Bonchev–Trinajstić information content (AvgIpc) is 2.23. The molecule has 0 saturated heterocycles. The summed E-state index contributed by atoms with van der Waals surface area (Å²) in [4.78, 5) is 0. The second kappa shape index (κ2) is 8.17. The molecule has 117 valence electrons. The lowest BCUT2D eigenvalue weighted by Crippen LogP contribution is -2.26. The normalized spacial score (nSPS) is 12.2. The van der Waals surface area contributed by atoms with Gasteiger partial charge in [0, 0.05) is 0 Å². The number of alkyl halides is 6. The summed E-state index contributed by atoms with van der Waals surface area (Å²) in [5.41, 5.74) is -2.08. The maximum absolute atomic E-state index is 12.2. The van der Waals surface area contributed by atoms with Crippen LogP contribution >= 0.6 is 23.2 Å². The third-order valence-electron chi connectivity index (χ3n) is 2.40. The number of rotatable bonds is 6. The highest BCUT2D eigenvalue weighted by Gasteiger charge is 2.50. The van der Waals surface area contributed by atoms with E-state index in [1.165, 1.54) is 0 Å². The predicted octanol–water partition coefficient (Wildman–Crippen LogP) is 6.51. The van der Waals surface area contributed by atoms with E-state index in [4.69, 9.17) is 23.2 Å². The first kappa shape index (κ1) is 19.6. The molecule has 0 unspecified atom stereocenters. The van der Waals surface area contributed by atoms with E-state index in [9.17, 15) is 26.3 Å². The molecule has 0 fully saturated rings. The Balaban J connectivity index is 4.86. The van der Waals surface area contributed by atoms with Crippen molar-refractivity contribution >= 4 is 23.2 Å². The molecule has 0 aromatic carbocycles. The van der Waals surface area contributed by atoms with E-state index in [2.05, 4.69) is 6.92 Å². The second-order valence-corrected chi connectivity index (χ2v) is 4.92. The minimum atomic E-state index is -5.43. The molecule has 0 N–H and O–H groups in total. The van der Waals surface area contributed by atoms with Gasteiger partial charge in [-0.1, -0.05) is 42.6 Å². The minimum Gasteiger partial charge on any atom is -0.166 e. The Morgan fingerprint density at radius 2 is 1.45 bits per heavy atom. The topological polar surface area (TPSA) is 0 Å². The molecule has 1 radical (unpaired) electrons. The first-order valence-corrected chi connectivity index (χ1v) is 6.42. The lowest BCUT2D eigenvalue weighted by Gasteiger charge is -2.15.